The van der Waals surface area contributed by atoms with Crippen molar-refractivity contribution in [2.45, 2.75) is 32.6 Å². The number of amides is 2. The predicted molar refractivity (Wildman–Crippen MR) is 108 cm³/mol. The number of para-hydroxylation sites is 1. The van der Waals surface area contributed by atoms with Gasteiger partial charge in [-0.25, -0.2) is 0 Å². The quantitative estimate of drug-likeness (QED) is 0.732. The zero-order chi connectivity index (χ0) is 18.8. The molecule has 1 saturated heterocycles. The van der Waals surface area contributed by atoms with Gasteiger partial charge in [-0.2, -0.15) is 0 Å². The molecule has 0 unspecified atom stereocenters. The Morgan fingerprint density at radius 3 is 2.85 bits per heavy atom. The molecule has 2 amide bonds. The monoisotopic (exact) mass is 361 g/mol. The van der Waals surface area contributed by atoms with Crippen LogP contribution in [0.1, 0.15) is 30.5 Å². The molecular formula is C22H23N3O2. The highest BCUT2D eigenvalue weighted by Gasteiger charge is 2.20. The molecule has 1 aliphatic heterocycles. The molecule has 1 aliphatic rings. The molecule has 0 spiro atoms. The van der Waals surface area contributed by atoms with Crippen molar-refractivity contribution in [3.8, 4) is 0 Å². The molecule has 0 aliphatic carbocycles. The number of benzene rings is 2. The number of anilines is 2. The number of piperidine rings is 1. The number of nitrogens with zero attached hydrogens (tertiary/aromatic N) is 1. The molecule has 1 aromatic heterocycles. The molecule has 2 heterocycles. The Hall–Kier alpha value is -3.08. The number of rotatable bonds is 4. The lowest BCUT2D eigenvalue weighted by Crippen LogP contribution is -2.35. The summed E-state index contributed by atoms with van der Waals surface area (Å²) in [6.45, 7) is 2.73. The van der Waals surface area contributed by atoms with Crippen molar-refractivity contribution in [2.75, 3.05) is 16.8 Å². The predicted octanol–water partition coefficient (Wildman–Crippen LogP) is 4.17. The lowest BCUT2D eigenvalue weighted by molar-refractivity contribution is -0.119. The Morgan fingerprint density at radius 2 is 2.00 bits per heavy atom. The van der Waals surface area contributed by atoms with Crippen LogP contribution in [0, 0.1) is 6.92 Å². The summed E-state index contributed by atoms with van der Waals surface area (Å²) in [5, 5.41) is 4.06. The summed E-state index contributed by atoms with van der Waals surface area (Å²) < 4.78 is 0. The number of hydrogen-bond donors (Lipinski definition) is 2. The number of aromatic amines is 1. The Bertz CT molecular complexity index is 1010. The van der Waals surface area contributed by atoms with E-state index in [1.165, 1.54) is 0 Å². The van der Waals surface area contributed by atoms with E-state index in [4.69, 9.17) is 0 Å². The second-order valence-electron chi connectivity index (χ2n) is 7.05. The molecule has 27 heavy (non-hydrogen) atoms. The van der Waals surface area contributed by atoms with Crippen LogP contribution in [0.5, 0.6) is 0 Å². The molecule has 2 N–H and O–H groups in total. The first-order valence-electron chi connectivity index (χ1n) is 9.38. The highest BCUT2D eigenvalue weighted by Crippen LogP contribution is 2.25. The molecular weight excluding hydrogens is 338 g/mol. The van der Waals surface area contributed by atoms with Gasteiger partial charge in [0.15, 0.2) is 0 Å². The fourth-order valence-corrected chi connectivity index (χ4v) is 3.76. The maximum Gasteiger partial charge on any atom is 0.228 e. The van der Waals surface area contributed by atoms with Gasteiger partial charge in [0.2, 0.25) is 11.8 Å². The van der Waals surface area contributed by atoms with Gasteiger partial charge < -0.3 is 15.2 Å². The van der Waals surface area contributed by atoms with Crippen LogP contribution in [-0.2, 0) is 16.0 Å². The number of nitrogens with one attached hydrogen (secondary N) is 2. The highest BCUT2D eigenvalue weighted by molar-refractivity contribution is 5.98. The smallest absolute Gasteiger partial charge is 0.228 e. The lowest BCUT2D eigenvalue weighted by Gasteiger charge is -2.27. The Labute approximate surface area is 158 Å². The maximum absolute atomic E-state index is 12.6. The van der Waals surface area contributed by atoms with E-state index in [9.17, 15) is 9.59 Å². The summed E-state index contributed by atoms with van der Waals surface area (Å²) in [5.74, 6) is 0.0871. The lowest BCUT2D eigenvalue weighted by atomic mass is 10.1. The van der Waals surface area contributed by atoms with Gasteiger partial charge in [-0.15, -0.1) is 0 Å². The van der Waals surface area contributed by atoms with Gasteiger partial charge in [-0.3, -0.25) is 9.59 Å². The van der Waals surface area contributed by atoms with E-state index in [0.717, 1.165) is 47.2 Å². The summed E-state index contributed by atoms with van der Waals surface area (Å²) in [6, 6.07) is 15.5. The maximum atomic E-state index is 12.6. The first-order valence-corrected chi connectivity index (χ1v) is 9.38. The molecule has 0 bridgehead atoms. The van der Waals surface area contributed by atoms with Gasteiger partial charge in [0.25, 0.3) is 0 Å². The van der Waals surface area contributed by atoms with Gasteiger partial charge in [-0.05, 0) is 49.6 Å². The zero-order valence-electron chi connectivity index (χ0n) is 15.4. The van der Waals surface area contributed by atoms with Crippen molar-refractivity contribution in [1.82, 2.24) is 4.98 Å². The average molecular weight is 361 g/mol. The van der Waals surface area contributed by atoms with E-state index in [-0.39, 0.29) is 11.8 Å². The van der Waals surface area contributed by atoms with Gasteiger partial charge >= 0.3 is 0 Å². The molecule has 1 fully saturated rings. The first kappa shape index (κ1) is 17.3. The van der Waals surface area contributed by atoms with Crippen LogP contribution in [-0.4, -0.2) is 23.3 Å². The molecule has 4 rings (SSSR count). The van der Waals surface area contributed by atoms with Gasteiger partial charge in [0, 0.05) is 40.9 Å². The summed E-state index contributed by atoms with van der Waals surface area (Å²) in [6.07, 6.45) is 2.87. The fourth-order valence-electron chi connectivity index (χ4n) is 3.76. The number of carbonyl (C=O) groups excluding carboxylic acids is 2. The van der Waals surface area contributed by atoms with Gasteiger partial charge in [0.05, 0.1) is 6.42 Å². The van der Waals surface area contributed by atoms with Crippen LogP contribution < -0.4 is 10.2 Å². The molecule has 0 saturated carbocycles. The summed E-state index contributed by atoms with van der Waals surface area (Å²) >= 11 is 0. The minimum atomic E-state index is -0.0648. The highest BCUT2D eigenvalue weighted by atomic mass is 16.2. The van der Waals surface area contributed by atoms with E-state index in [2.05, 4.69) is 10.3 Å². The van der Waals surface area contributed by atoms with Crippen LogP contribution in [0.2, 0.25) is 0 Å². The van der Waals surface area contributed by atoms with E-state index >= 15 is 0 Å². The van der Waals surface area contributed by atoms with Crippen LogP contribution >= 0.6 is 0 Å². The van der Waals surface area contributed by atoms with Crippen LogP contribution in [0.25, 0.3) is 10.9 Å². The van der Waals surface area contributed by atoms with Crippen molar-refractivity contribution in [2.24, 2.45) is 0 Å². The fraction of sp³-hybridized carbons (Fsp3) is 0.273. The van der Waals surface area contributed by atoms with Crippen molar-refractivity contribution in [1.29, 1.82) is 0 Å². The summed E-state index contributed by atoms with van der Waals surface area (Å²) in [4.78, 5) is 29.9. The molecule has 0 atom stereocenters. The molecule has 5 nitrogen and oxygen atoms in total. The standard InChI is InChI=1S/C22H23N3O2/c1-15-19(18-9-2-3-10-20(18)23-15)14-21(26)24-16-7-6-8-17(13-16)25-12-5-4-11-22(25)27/h2-3,6-10,13,23H,4-5,11-12,14H2,1H3,(H,24,26). The van der Waals surface area contributed by atoms with Crippen LogP contribution in [0.4, 0.5) is 11.4 Å². The van der Waals surface area contributed by atoms with Crippen molar-refractivity contribution >= 4 is 34.1 Å². The number of H-pyrrole nitrogens is 1. The van der Waals surface area contributed by atoms with Crippen molar-refractivity contribution in [3.63, 3.8) is 0 Å². The van der Waals surface area contributed by atoms with Crippen molar-refractivity contribution < 1.29 is 9.59 Å². The SMILES string of the molecule is Cc1[nH]c2ccccc2c1CC(=O)Nc1cccc(N2CCCCC2=O)c1. The third kappa shape index (κ3) is 3.58. The minimum Gasteiger partial charge on any atom is -0.358 e. The Balaban J connectivity index is 1.50. The van der Waals surface area contributed by atoms with E-state index in [0.29, 0.717) is 18.5 Å². The topological polar surface area (TPSA) is 65.2 Å². The average Bonchev–Trinajstić information content (AvgIpc) is 2.98. The third-order valence-electron chi connectivity index (χ3n) is 5.13. The largest absolute Gasteiger partial charge is 0.358 e. The molecule has 0 radical (unpaired) electrons. The van der Waals surface area contributed by atoms with Crippen LogP contribution in [0.3, 0.4) is 0 Å². The van der Waals surface area contributed by atoms with E-state index in [1.807, 2.05) is 60.4 Å². The van der Waals surface area contributed by atoms with Gasteiger partial charge in [0.1, 0.15) is 0 Å². The second kappa shape index (κ2) is 7.27. The first-order chi connectivity index (χ1) is 13.1. The van der Waals surface area contributed by atoms with Crippen molar-refractivity contribution in [3.05, 3.63) is 59.8 Å². The minimum absolute atomic E-state index is 0.0648. The number of fused-ring (bicyclic) bond motifs is 1. The van der Waals surface area contributed by atoms with E-state index < -0.39 is 0 Å². The van der Waals surface area contributed by atoms with E-state index in [1.54, 1.807) is 0 Å². The Morgan fingerprint density at radius 1 is 1.15 bits per heavy atom. The molecule has 5 heteroatoms. The summed E-state index contributed by atoms with van der Waals surface area (Å²) in [7, 11) is 0. The number of hydrogen-bond acceptors (Lipinski definition) is 2. The normalized spacial score (nSPS) is 14.6. The van der Waals surface area contributed by atoms with Crippen LogP contribution in [0.15, 0.2) is 48.5 Å². The molecule has 138 valence electrons. The number of aromatic nitrogens is 1. The number of carbonyl (C=O) groups is 2. The molecule has 3 aromatic rings. The second-order valence-corrected chi connectivity index (χ2v) is 7.05. The number of aryl methyl sites for hydroxylation is 1. The zero-order valence-corrected chi connectivity index (χ0v) is 15.4. The summed E-state index contributed by atoms with van der Waals surface area (Å²) in [5.41, 5.74) is 4.64. The van der Waals surface area contributed by atoms with Gasteiger partial charge in [-0.1, -0.05) is 24.3 Å². The Kier molecular flexibility index (Phi) is 4.67. The third-order valence-corrected chi connectivity index (χ3v) is 5.13. The molecule has 2 aromatic carbocycles.